The summed E-state index contributed by atoms with van der Waals surface area (Å²) in [4.78, 5) is 31.3. The molecule has 8 heteroatoms. The Morgan fingerprint density at radius 1 is 1.00 bits per heavy atom. The Hall–Kier alpha value is -2.34. The van der Waals surface area contributed by atoms with Crippen molar-refractivity contribution in [1.82, 2.24) is 9.97 Å². The molecule has 0 saturated carbocycles. The average Bonchev–Trinajstić information content (AvgIpc) is 2.56. The molecule has 3 rings (SSSR count). The summed E-state index contributed by atoms with van der Waals surface area (Å²) >= 11 is 17.6. The van der Waals surface area contributed by atoms with E-state index in [4.69, 9.17) is 34.8 Å². The predicted octanol–water partition coefficient (Wildman–Crippen LogP) is 4.58. The molecule has 5 nitrogen and oxygen atoms in total. The third-order valence-electron chi connectivity index (χ3n) is 3.49. The summed E-state index contributed by atoms with van der Waals surface area (Å²) in [5.74, 6) is 0.0207. The Balaban J connectivity index is 1.74. The molecule has 0 aliphatic heterocycles. The molecule has 0 radical (unpaired) electrons. The molecule has 1 amide bonds. The summed E-state index contributed by atoms with van der Waals surface area (Å²) in [6, 6.07) is 11.6. The van der Waals surface area contributed by atoms with Crippen LogP contribution in [0.25, 0.3) is 11.4 Å². The van der Waals surface area contributed by atoms with Crippen molar-refractivity contribution in [3.63, 3.8) is 0 Å². The van der Waals surface area contributed by atoms with Gasteiger partial charge in [0.1, 0.15) is 5.82 Å². The molecule has 0 aliphatic rings. The number of nitrogens with zero attached hydrogens (tertiary/aromatic N) is 1. The van der Waals surface area contributed by atoms with E-state index in [-0.39, 0.29) is 23.5 Å². The highest BCUT2D eigenvalue weighted by atomic mass is 35.5. The summed E-state index contributed by atoms with van der Waals surface area (Å²) in [5, 5.41) is 4.04. The molecule has 0 fully saturated rings. The fourth-order valence-corrected chi connectivity index (χ4v) is 2.96. The van der Waals surface area contributed by atoms with Crippen LogP contribution in [0.3, 0.4) is 0 Å². The first-order valence-electron chi connectivity index (χ1n) is 7.51. The van der Waals surface area contributed by atoms with Gasteiger partial charge in [-0.05, 0) is 42.5 Å². The second-order valence-corrected chi connectivity index (χ2v) is 6.79. The van der Waals surface area contributed by atoms with Gasteiger partial charge in [-0.15, -0.1) is 0 Å². The van der Waals surface area contributed by atoms with Crippen LogP contribution in [-0.4, -0.2) is 15.9 Å². The molecule has 132 valence electrons. The van der Waals surface area contributed by atoms with Gasteiger partial charge in [-0.3, -0.25) is 9.59 Å². The number of carbonyl (C=O) groups excluding carboxylic acids is 1. The Morgan fingerprint density at radius 3 is 2.27 bits per heavy atom. The minimum atomic E-state index is -0.385. The van der Waals surface area contributed by atoms with Crippen molar-refractivity contribution in [3.8, 4) is 11.4 Å². The van der Waals surface area contributed by atoms with Crippen molar-refractivity contribution in [1.29, 1.82) is 0 Å². The topological polar surface area (TPSA) is 74.8 Å². The third kappa shape index (κ3) is 4.64. The molecule has 3 aromatic rings. The number of aromatic amines is 1. The van der Waals surface area contributed by atoms with Crippen molar-refractivity contribution < 1.29 is 4.79 Å². The number of rotatable bonds is 4. The van der Waals surface area contributed by atoms with Crippen molar-refractivity contribution in [3.05, 3.63) is 79.6 Å². The number of nitrogens with one attached hydrogen (secondary N) is 2. The van der Waals surface area contributed by atoms with Crippen LogP contribution in [0.2, 0.25) is 15.1 Å². The van der Waals surface area contributed by atoms with Crippen LogP contribution < -0.4 is 10.9 Å². The zero-order valence-electron chi connectivity index (χ0n) is 13.2. The van der Waals surface area contributed by atoms with Gasteiger partial charge in [0, 0.05) is 38.1 Å². The zero-order chi connectivity index (χ0) is 18.7. The lowest BCUT2D eigenvalue weighted by Gasteiger charge is -2.07. The summed E-state index contributed by atoms with van der Waals surface area (Å²) < 4.78 is 0. The highest BCUT2D eigenvalue weighted by molar-refractivity contribution is 6.35. The van der Waals surface area contributed by atoms with Crippen LogP contribution in [0, 0.1) is 0 Å². The van der Waals surface area contributed by atoms with Gasteiger partial charge in [0.15, 0.2) is 0 Å². The van der Waals surface area contributed by atoms with Gasteiger partial charge in [-0.25, -0.2) is 4.98 Å². The second-order valence-electron chi connectivity index (χ2n) is 5.48. The maximum absolute atomic E-state index is 12.2. The summed E-state index contributed by atoms with van der Waals surface area (Å²) in [6.45, 7) is 0. The van der Waals surface area contributed by atoms with E-state index in [1.165, 1.54) is 6.20 Å². The number of aromatic nitrogens is 2. The molecule has 2 N–H and O–H groups in total. The normalized spacial score (nSPS) is 10.6. The van der Waals surface area contributed by atoms with Gasteiger partial charge in [-0.1, -0.05) is 34.8 Å². The number of benzene rings is 2. The fraction of sp³-hybridized carbons (Fsp3) is 0.0556. The molecule has 1 heterocycles. The fourth-order valence-electron chi connectivity index (χ4n) is 2.31. The molecule has 2 aromatic carbocycles. The minimum Gasteiger partial charge on any atom is -0.326 e. The maximum Gasteiger partial charge on any atom is 0.254 e. The summed E-state index contributed by atoms with van der Waals surface area (Å²) in [7, 11) is 0. The van der Waals surface area contributed by atoms with Crippen molar-refractivity contribution in [2.75, 3.05) is 5.32 Å². The monoisotopic (exact) mass is 407 g/mol. The van der Waals surface area contributed by atoms with E-state index < -0.39 is 0 Å². The number of hydrogen-bond acceptors (Lipinski definition) is 3. The highest BCUT2D eigenvalue weighted by Gasteiger charge is 2.11. The van der Waals surface area contributed by atoms with Crippen LogP contribution in [-0.2, 0) is 11.2 Å². The predicted molar refractivity (Wildman–Crippen MR) is 104 cm³/mol. The second kappa shape index (κ2) is 7.91. The van der Waals surface area contributed by atoms with Gasteiger partial charge in [0.05, 0.1) is 6.42 Å². The number of halogens is 3. The zero-order valence-corrected chi connectivity index (χ0v) is 15.5. The molecule has 0 spiro atoms. The minimum absolute atomic E-state index is 0.132. The summed E-state index contributed by atoms with van der Waals surface area (Å²) in [5.41, 5.74) is 1.03. The van der Waals surface area contributed by atoms with Crippen LogP contribution in [0.5, 0.6) is 0 Å². The quantitative estimate of drug-likeness (QED) is 0.663. The third-order valence-corrected chi connectivity index (χ3v) is 4.18. The van der Waals surface area contributed by atoms with E-state index in [0.717, 1.165) is 5.56 Å². The van der Waals surface area contributed by atoms with Gasteiger partial charge in [0.2, 0.25) is 5.91 Å². The molecule has 0 bridgehead atoms. The number of H-pyrrole nitrogens is 1. The van der Waals surface area contributed by atoms with Crippen LogP contribution in [0.1, 0.15) is 5.56 Å². The Labute approximate surface area is 163 Å². The number of carbonyl (C=O) groups is 1. The van der Waals surface area contributed by atoms with E-state index in [2.05, 4.69) is 15.3 Å². The number of amides is 1. The van der Waals surface area contributed by atoms with Crippen LogP contribution in [0.15, 0.2) is 53.5 Å². The molecule has 0 aliphatic carbocycles. The molecule has 0 atom stereocenters. The van der Waals surface area contributed by atoms with Gasteiger partial charge < -0.3 is 10.3 Å². The first-order valence-corrected chi connectivity index (χ1v) is 8.64. The lowest BCUT2D eigenvalue weighted by molar-refractivity contribution is -0.115. The average molecular weight is 409 g/mol. The largest absolute Gasteiger partial charge is 0.326 e. The van der Waals surface area contributed by atoms with E-state index in [0.29, 0.717) is 26.6 Å². The highest BCUT2D eigenvalue weighted by Crippen LogP contribution is 2.22. The van der Waals surface area contributed by atoms with E-state index in [1.807, 2.05) is 0 Å². The molecule has 1 aromatic heterocycles. The lowest BCUT2D eigenvalue weighted by atomic mass is 10.2. The smallest absolute Gasteiger partial charge is 0.254 e. The Bertz CT molecular complexity index is 997. The number of anilines is 1. The first-order chi connectivity index (χ1) is 12.4. The van der Waals surface area contributed by atoms with Gasteiger partial charge >= 0.3 is 0 Å². The lowest BCUT2D eigenvalue weighted by Crippen LogP contribution is -2.22. The Kier molecular flexibility index (Phi) is 5.61. The maximum atomic E-state index is 12.2. The Morgan fingerprint density at radius 2 is 1.65 bits per heavy atom. The van der Waals surface area contributed by atoms with Crippen LogP contribution >= 0.6 is 34.8 Å². The number of hydrogen-bond donors (Lipinski definition) is 2. The van der Waals surface area contributed by atoms with Crippen molar-refractivity contribution >= 4 is 46.4 Å². The van der Waals surface area contributed by atoms with Crippen molar-refractivity contribution in [2.24, 2.45) is 0 Å². The molecule has 26 heavy (non-hydrogen) atoms. The van der Waals surface area contributed by atoms with E-state index >= 15 is 0 Å². The SMILES string of the molecule is O=C(Cc1cnc(-c2ccc(Cl)cc2)[nH]c1=O)Nc1cc(Cl)cc(Cl)c1. The summed E-state index contributed by atoms with van der Waals surface area (Å²) in [6.07, 6.45) is 1.25. The van der Waals surface area contributed by atoms with Gasteiger partial charge in [0.25, 0.3) is 5.56 Å². The molecule has 0 unspecified atom stereocenters. The molecular formula is C18H12Cl3N3O2. The van der Waals surface area contributed by atoms with E-state index in [1.54, 1.807) is 42.5 Å². The van der Waals surface area contributed by atoms with Crippen LogP contribution in [0.4, 0.5) is 5.69 Å². The molecule has 0 saturated heterocycles. The molecular weight excluding hydrogens is 397 g/mol. The first kappa shape index (κ1) is 18.5. The van der Waals surface area contributed by atoms with E-state index in [9.17, 15) is 9.59 Å². The van der Waals surface area contributed by atoms with Gasteiger partial charge in [-0.2, -0.15) is 0 Å². The van der Waals surface area contributed by atoms with Crippen molar-refractivity contribution in [2.45, 2.75) is 6.42 Å². The standard InChI is InChI=1S/C18H12Cl3N3O2/c19-12-3-1-10(2-4-12)17-22-9-11(18(26)24-17)5-16(25)23-15-7-13(20)6-14(21)8-15/h1-4,6-9H,5H2,(H,23,25)(H,22,24,26).